The molecule has 4 rings (SSSR count). The highest BCUT2D eigenvalue weighted by Crippen LogP contribution is 2.31. The fourth-order valence-corrected chi connectivity index (χ4v) is 3.82. The van der Waals surface area contributed by atoms with Crippen LogP contribution in [0.5, 0.6) is 17.4 Å². The van der Waals surface area contributed by atoms with E-state index in [4.69, 9.17) is 14.2 Å². The van der Waals surface area contributed by atoms with Crippen molar-refractivity contribution in [2.75, 3.05) is 38.3 Å². The highest BCUT2D eigenvalue weighted by molar-refractivity contribution is 5.78. The van der Waals surface area contributed by atoms with E-state index in [9.17, 15) is 4.79 Å². The quantitative estimate of drug-likeness (QED) is 0.522. The van der Waals surface area contributed by atoms with Gasteiger partial charge in [-0.05, 0) is 24.6 Å². The summed E-state index contributed by atoms with van der Waals surface area (Å²) >= 11 is 0. The molecule has 2 aromatic carbocycles. The van der Waals surface area contributed by atoms with E-state index >= 15 is 0 Å². The average Bonchev–Trinajstić information content (AvgIpc) is 2.85. The van der Waals surface area contributed by atoms with Crippen LogP contribution in [0.2, 0.25) is 0 Å². The van der Waals surface area contributed by atoms with Crippen molar-refractivity contribution in [3.8, 4) is 17.4 Å². The first-order valence-electron chi connectivity index (χ1n) is 10.9. The molecule has 1 saturated heterocycles. The normalized spacial score (nSPS) is 15.9. The van der Waals surface area contributed by atoms with Gasteiger partial charge in [0.1, 0.15) is 18.8 Å². The van der Waals surface area contributed by atoms with Crippen LogP contribution in [-0.2, 0) is 16.1 Å². The number of hydrogen-bond acceptors (Lipinski definition) is 7. The molecule has 2 heterocycles. The standard InChI is InChI=1S/C25H28N4O4/c1-19-15-28(12-13-29(19)25(30)17-32-16-20-8-4-3-5-9-20)23-14-24(27-18-26-23)33-22-11-7-6-10-21(22)31-2/h3-11,14,18-19H,12-13,15-17H2,1-2H3/t19-/m0/s1. The summed E-state index contributed by atoms with van der Waals surface area (Å²) in [6.07, 6.45) is 1.49. The zero-order chi connectivity index (χ0) is 23.0. The van der Waals surface area contributed by atoms with Crippen LogP contribution in [0.1, 0.15) is 12.5 Å². The topological polar surface area (TPSA) is 77.0 Å². The van der Waals surface area contributed by atoms with Gasteiger partial charge in [0, 0.05) is 31.7 Å². The van der Waals surface area contributed by atoms with Gasteiger partial charge in [-0.3, -0.25) is 4.79 Å². The van der Waals surface area contributed by atoms with E-state index in [1.165, 1.54) is 6.33 Å². The average molecular weight is 449 g/mol. The van der Waals surface area contributed by atoms with Crippen LogP contribution in [0, 0.1) is 0 Å². The van der Waals surface area contributed by atoms with E-state index in [0.29, 0.717) is 43.6 Å². The number of rotatable bonds is 8. The molecule has 1 amide bonds. The Morgan fingerprint density at radius 2 is 1.79 bits per heavy atom. The number of benzene rings is 2. The summed E-state index contributed by atoms with van der Waals surface area (Å²) in [5, 5.41) is 0. The molecule has 172 valence electrons. The zero-order valence-corrected chi connectivity index (χ0v) is 18.9. The van der Waals surface area contributed by atoms with Crippen molar-refractivity contribution in [3.05, 3.63) is 72.6 Å². The maximum absolute atomic E-state index is 12.7. The Balaban J connectivity index is 1.33. The van der Waals surface area contributed by atoms with Gasteiger partial charge < -0.3 is 24.0 Å². The smallest absolute Gasteiger partial charge is 0.248 e. The molecule has 8 nitrogen and oxygen atoms in total. The lowest BCUT2D eigenvalue weighted by Crippen LogP contribution is -2.55. The molecule has 3 aromatic rings. The fraction of sp³-hybridized carbons (Fsp3) is 0.320. The molecule has 0 spiro atoms. The highest BCUT2D eigenvalue weighted by atomic mass is 16.5. The lowest BCUT2D eigenvalue weighted by atomic mass is 10.2. The fourth-order valence-electron chi connectivity index (χ4n) is 3.82. The molecule has 0 N–H and O–H groups in total. The number of methoxy groups -OCH3 is 1. The Bertz CT molecular complexity index is 1060. The Morgan fingerprint density at radius 1 is 1.03 bits per heavy atom. The van der Waals surface area contributed by atoms with Gasteiger partial charge in [-0.2, -0.15) is 0 Å². The van der Waals surface area contributed by atoms with Crippen molar-refractivity contribution >= 4 is 11.7 Å². The van der Waals surface area contributed by atoms with Gasteiger partial charge in [0.05, 0.1) is 13.7 Å². The van der Waals surface area contributed by atoms with Gasteiger partial charge >= 0.3 is 0 Å². The van der Waals surface area contributed by atoms with E-state index in [-0.39, 0.29) is 18.6 Å². The molecule has 0 saturated carbocycles. The number of anilines is 1. The van der Waals surface area contributed by atoms with Gasteiger partial charge in [-0.15, -0.1) is 0 Å². The molecule has 0 unspecified atom stereocenters. The molecule has 0 bridgehead atoms. The lowest BCUT2D eigenvalue weighted by Gasteiger charge is -2.40. The van der Waals surface area contributed by atoms with Gasteiger partial charge in [0.25, 0.3) is 0 Å². The van der Waals surface area contributed by atoms with E-state index in [1.807, 2.05) is 66.4 Å². The Labute approximate surface area is 193 Å². The van der Waals surface area contributed by atoms with Crippen LogP contribution in [0.3, 0.4) is 0 Å². The molecular formula is C25H28N4O4. The minimum atomic E-state index is 0.000892. The molecule has 1 fully saturated rings. The molecule has 1 aromatic heterocycles. The predicted octanol–water partition coefficient (Wildman–Crippen LogP) is 3.53. The van der Waals surface area contributed by atoms with Gasteiger partial charge in [0.15, 0.2) is 11.5 Å². The lowest BCUT2D eigenvalue weighted by molar-refractivity contribution is -0.139. The zero-order valence-electron chi connectivity index (χ0n) is 18.9. The Morgan fingerprint density at radius 3 is 2.55 bits per heavy atom. The third kappa shape index (κ3) is 5.78. The maximum atomic E-state index is 12.7. The monoisotopic (exact) mass is 448 g/mol. The molecule has 0 aliphatic carbocycles. The second-order valence-corrected chi connectivity index (χ2v) is 7.83. The number of carbonyl (C=O) groups excluding carboxylic acids is 1. The van der Waals surface area contributed by atoms with E-state index < -0.39 is 0 Å². The third-order valence-electron chi connectivity index (χ3n) is 5.52. The summed E-state index contributed by atoms with van der Waals surface area (Å²) in [5.41, 5.74) is 1.05. The van der Waals surface area contributed by atoms with Crippen molar-refractivity contribution in [3.63, 3.8) is 0 Å². The van der Waals surface area contributed by atoms with Crippen LogP contribution >= 0.6 is 0 Å². The molecule has 1 atom stereocenters. The third-order valence-corrected chi connectivity index (χ3v) is 5.52. The molecule has 1 aliphatic rings. The number of nitrogens with zero attached hydrogens (tertiary/aromatic N) is 4. The van der Waals surface area contributed by atoms with Crippen LogP contribution < -0.4 is 14.4 Å². The van der Waals surface area contributed by atoms with E-state index in [1.54, 1.807) is 13.2 Å². The van der Waals surface area contributed by atoms with Crippen molar-refractivity contribution in [1.29, 1.82) is 0 Å². The predicted molar refractivity (Wildman–Crippen MR) is 125 cm³/mol. The highest BCUT2D eigenvalue weighted by Gasteiger charge is 2.28. The number of para-hydroxylation sites is 2. The van der Waals surface area contributed by atoms with Crippen LogP contribution in [-0.4, -0.2) is 60.2 Å². The van der Waals surface area contributed by atoms with Crippen molar-refractivity contribution < 1.29 is 19.0 Å². The first-order valence-corrected chi connectivity index (χ1v) is 10.9. The van der Waals surface area contributed by atoms with Gasteiger partial charge in [-0.25, -0.2) is 9.97 Å². The largest absolute Gasteiger partial charge is 0.493 e. The van der Waals surface area contributed by atoms with Crippen LogP contribution in [0.15, 0.2) is 67.0 Å². The number of piperazine rings is 1. The molecule has 1 aliphatic heterocycles. The van der Waals surface area contributed by atoms with Crippen molar-refractivity contribution in [2.45, 2.75) is 19.6 Å². The van der Waals surface area contributed by atoms with E-state index in [2.05, 4.69) is 14.9 Å². The first kappa shape index (κ1) is 22.5. The number of aromatic nitrogens is 2. The molecule has 0 radical (unpaired) electrons. The summed E-state index contributed by atoms with van der Waals surface area (Å²) in [6, 6.07) is 19.1. The van der Waals surface area contributed by atoms with Crippen molar-refractivity contribution in [1.82, 2.24) is 14.9 Å². The summed E-state index contributed by atoms with van der Waals surface area (Å²) in [4.78, 5) is 25.3. The van der Waals surface area contributed by atoms with Crippen LogP contribution in [0.4, 0.5) is 5.82 Å². The number of hydrogen-bond donors (Lipinski definition) is 0. The Kier molecular flexibility index (Phi) is 7.36. The van der Waals surface area contributed by atoms with Gasteiger partial charge in [-0.1, -0.05) is 42.5 Å². The molecular weight excluding hydrogens is 420 g/mol. The molecule has 8 heteroatoms. The number of ether oxygens (including phenoxy) is 3. The Hall–Kier alpha value is -3.65. The second-order valence-electron chi connectivity index (χ2n) is 7.83. The maximum Gasteiger partial charge on any atom is 0.248 e. The summed E-state index contributed by atoms with van der Waals surface area (Å²) in [6.45, 7) is 4.46. The minimum absolute atomic E-state index is 0.000892. The van der Waals surface area contributed by atoms with Gasteiger partial charge in [0.2, 0.25) is 11.8 Å². The van der Waals surface area contributed by atoms with Crippen molar-refractivity contribution in [2.24, 2.45) is 0 Å². The molecule has 33 heavy (non-hydrogen) atoms. The number of carbonyl (C=O) groups is 1. The van der Waals surface area contributed by atoms with Crippen LogP contribution in [0.25, 0.3) is 0 Å². The number of amides is 1. The SMILES string of the molecule is COc1ccccc1Oc1cc(N2CCN(C(=O)COCc3ccccc3)[C@@H](C)C2)ncn1. The van der Waals surface area contributed by atoms with E-state index in [0.717, 1.165) is 11.4 Å². The summed E-state index contributed by atoms with van der Waals surface area (Å²) in [7, 11) is 1.60. The summed E-state index contributed by atoms with van der Waals surface area (Å²) < 4.78 is 16.9. The minimum Gasteiger partial charge on any atom is -0.493 e. The summed E-state index contributed by atoms with van der Waals surface area (Å²) in [5.74, 6) is 2.41. The first-order chi connectivity index (χ1) is 16.1. The second kappa shape index (κ2) is 10.8.